The van der Waals surface area contributed by atoms with E-state index in [4.69, 9.17) is 8.83 Å². The molecule has 55 heavy (non-hydrogen) atoms. The zero-order valence-corrected chi connectivity index (χ0v) is 29.5. The summed E-state index contributed by atoms with van der Waals surface area (Å²) in [5, 5.41) is 6.00. The number of rotatable bonds is 6. The molecule has 0 aliphatic carbocycles. The molecule has 0 saturated heterocycles. The van der Waals surface area contributed by atoms with Gasteiger partial charge in [-0.15, -0.1) is 0 Å². The van der Waals surface area contributed by atoms with Crippen molar-refractivity contribution >= 4 is 71.7 Å². The Kier molecular flexibility index (Phi) is 6.27. The quantitative estimate of drug-likeness (QED) is 0.172. The smallest absolute Gasteiger partial charge is 0.143 e. The minimum absolute atomic E-state index is 0.106. The van der Waals surface area contributed by atoms with Crippen molar-refractivity contribution in [3.8, 4) is 33.4 Å². The highest BCUT2D eigenvalue weighted by Gasteiger charge is 2.17. The molecule has 11 rings (SSSR count). The van der Waals surface area contributed by atoms with Gasteiger partial charge in [-0.1, -0.05) is 146 Å². The van der Waals surface area contributed by atoms with E-state index in [9.17, 15) is 5.48 Å². The molecule has 0 saturated carbocycles. The average molecular weight is 708 g/mol. The van der Waals surface area contributed by atoms with E-state index in [1.54, 1.807) is 0 Å². The second-order valence-corrected chi connectivity index (χ2v) is 13.7. The molecule has 0 fully saturated rings. The van der Waals surface area contributed by atoms with E-state index >= 15 is 0 Å². The van der Waals surface area contributed by atoms with Gasteiger partial charge in [0, 0.05) is 44.2 Å². The van der Waals surface area contributed by atoms with Gasteiger partial charge in [-0.2, -0.15) is 0 Å². The highest BCUT2D eigenvalue weighted by molar-refractivity contribution is 6.12. The second-order valence-electron chi connectivity index (χ2n) is 13.7. The van der Waals surface area contributed by atoms with E-state index in [-0.39, 0.29) is 35.4 Å². The summed E-state index contributed by atoms with van der Waals surface area (Å²) in [5.41, 5.74) is 9.62. The molecule has 3 nitrogen and oxygen atoms in total. The van der Waals surface area contributed by atoms with E-state index < -0.39 is 0 Å². The van der Waals surface area contributed by atoms with Gasteiger partial charge in [0.15, 0.2) is 0 Å². The SMILES string of the molecule is [2H]c1c([2H])c(N(c2ccc(-c3cccc4c3oc3ccccc34)cc2)c2ccc(-c3cccc4oc5ccccc5c34)cc2)c([2H])c([2H])c1-c1cccc2ccccc12. The van der Waals surface area contributed by atoms with Gasteiger partial charge in [0.2, 0.25) is 0 Å². The molecule has 0 amide bonds. The van der Waals surface area contributed by atoms with Crippen LogP contribution in [0.1, 0.15) is 5.48 Å². The largest absolute Gasteiger partial charge is 0.456 e. The normalized spacial score (nSPS) is 12.7. The Morgan fingerprint density at radius 3 is 1.64 bits per heavy atom. The molecule has 0 bridgehead atoms. The van der Waals surface area contributed by atoms with Gasteiger partial charge in [-0.05, 0) is 93.1 Å². The van der Waals surface area contributed by atoms with E-state index in [2.05, 4.69) is 30.3 Å². The molecule has 11 aromatic rings. The molecule has 9 aromatic carbocycles. The topological polar surface area (TPSA) is 29.5 Å². The molecule has 0 aliphatic heterocycles. The molecule has 2 heterocycles. The van der Waals surface area contributed by atoms with Crippen LogP contribution in [0.4, 0.5) is 17.1 Å². The molecular formula is C52H33NO2. The van der Waals surface area contributed by atoms with Crippen LogP contribution in [0.25, 0.3) is 88.0 Å². The van der Waals surface area contributed by atoms with Crippen molar-refractivity contribution in [1.82, 2.24) is 0 Å². The van der Waals surface area contributed by atoms with Gasteiger partial charge in [0.05, 0.1) is 5.48 Å². The van der Waals surface area contributed by atoms with Gasteiger partial charge >= 0.3 is 0 Å². The van der Waals surface area contributed by atoms with Gasteiger partial charge in [0.1, 0.15) is 22.3 Å². The number of benzene rings is 9. The highest BCUT2D eigenvalue weighted by atomic mass is 16.3. The van der Waals surface area contributed by atoms with Gasteiger partial charge in [-0.3, -0.25) is 0 Å². The van der Waals surface area contributed by atoms with Gasteiger partial charge in [-0.25, -0.2) is 0 Å². The summed E-state index contributed by atoms with van der Waals surface area (Å²) in [6.45, 7) is 0. The average Bonchev–Trinajstić information content (AvgIpc) is 3.86. The lowest BCUT2D eigenvalue weighted by atomic mass is 9.97. The fourth-order valence-electron chi connectivity index (χ4n) is 7.97. The van der Waals surface area contributed by atoms with E-state index in [1.807, 2.05) is 150 Å². The summed E-state index contributed by atoms with van der Waals surface area (Å²) in [4.78, 5) is 1.83. The number of para-hydroxylation sites is 3. The van der Waals surface area contributed by atoms with Gasteiger partial charge < -0.3 is 13.7 Å². The molecule has 0 N–H and O–H groups in total. The number of hydrogen-bond acceptors (Lipinski definition) is 3. The van der Waals surface area contributed by atoms with Crippen LogP contribution < -0.4 is 4.90 Å². The van der Waals surface area contributed by atoms with Crippen molar-refractivity contribution in [2.75, 3.05) is 4.90 Å². The molecule has 0 unspecified atom stereocenters. The first-order valence-corrected chi connectivity index (χ1v) is 18.3. The first-order chi connectivity index (χ1) is 28.9. The van der Waals surface area contributed by atoms with Crippen LogP contribution in [0.15, 0.2) is 209 Å². The van der Waals surface area contributed by atoms with Crippen molar-refractivity contribution < 1.29 is 14.3 Å². The van der Waals surface area contributed by atoms with E-state index in [1.165, 1.54) is 0 Å². The zero-order valence-electron chi connectivity index (χ0n) is 33.5. The van der Waals surface area contributed by atoms with Crippen LogP contribution in [0.2, 0.25) is 0 Å². The predicted molar refractivity (Wildman–Crippen MR) is 229 cm³/mol. The monoisotopic (exact) mass is 707 g/mol. The third kappa shape index (κ3) is 5.20. The fraction of sp³-hybridized carbons (Fsp3) is 0. The minimum atomic E-state index is -0.135. The van der Waals surface area contributed by atoms with E-state index in [0.29, 0.717) is 16.9 Å². The van der Waals surface area contributed by atoms with Gasteiger partial charge in [0.25, 0.3) is 0 Å². The number of hydrogen-bond donors (Lipinski definition) is 0. The third-order valence-corrected chi connectivity index (χ3v) is 10.6. The Balaban J connectivity index is 1.08. The molecule has 0 spiro atoms. The minimum Gasteiger partial charge on any atom is -0.456 e. The molecule has 3 heteroatoms. The Labute approximate surface area is 323 Å². The second kappa shape index (κ2) is 12.6. The number of fused-ring (bicyclic) bond motifs is 7. The Bertz CT molecular complexity index is 3410. The predicted octanol–water partition coefficient (Wildman–Crippen LogP) is 15.1. The summed E-state index contributed by atoms with van der Waals surface area (Å²) in [7, 11) is 0. The van der Waals surface area contributed by atoms with E-state index in [0.717, 1.165) is 76.9 Å². The maximum absolute atomic E-state index is 9.55. The van der Waals surface area contributed by atoms with Crippen LogP contribution in [0.5, 0.6) is 0 Å². The van der Waals surface area contributed by atoms with Crippen molar-refractivity contribution in [1.29, 1.82) is 0 Å². The Morgan fingerprint density at radius 1 is 0.345 bits per heavy atom. The molecular weight excluding hydrogens is 671 g/mol. The lowest BCUT2D eigenvalue weighted by Gasteiger charge is -2.26. The van der Waals surface area contributed by atoms with Crippen molar-refractivity contribution in [2.24, 2.45) is 0 Å². The molecule has 2 aromatic heterocycles. The van der Waals surface area contributed by atoms with Crippen LogP contribution in [-0.2, 0) is 0 Å². The summed E-state index contributed by atoms with van der Waals surface area (Å²) in [5.74, 6) is 0. The number of nitrogens with zero attached hydrogens (tertiary/aromatic N) is 1. The van der Waals surface area contributed by atoms with Crippen molar-refractivity contribution in [3.63, 3.8) is 0 Å². The standard InChI is InChI=1S/C52H33NO2/c1-2-12-41-34(10-1)11-7-15-42(41)35-22-28-38(29-23-35)53(39-30-24-36(25-31-39)43-16-9-21-50-51(43)47-14-4-6-20-49(47)54-50)40-32-26-37(27-33-40)44-17-8-18-46-45-13-3-5-19-48(45)55-52(44)46/h1-33H/i22D,23D,28D,29D. The lowest BCUT2D eigenvalue weighted by Crippen LogP contribution is -2.09. The Hall–Kier alpha value is -7.36. The van der Waals surface area contributed by atoms with Crippen LogP contribution in [-0.4, -0.2) is 0 Å². The lowest BCUT2D eigenvalue weighted by molar-refractivity contribution is 0.669. The van der Waals surface area contributed by atoms with Crippen molar-refractivity contribution in [3.05, 3.63) is 200 Å². The van der Waals surface area contributed by atoms with Crippen LogP contribution in [0.3, 0.4) is 0 Å². The summed E-state index contributed by atoms with van der Waals surface area (Å²) in [6.07, 6.45) is 0. The molecule has 0 radical (unpaired) electrons. The maximum atomic E-state index is 9.55. The first kappa shape index (κ1) is 27.3. The number of furan rings is 2. The molecule has 0 aliphatic rings. The van der Waals surface area contributed by atoms with Crippen LogP contribution >= 0.6 is 0 Å². The summed E-state index contributed by atoms with van der Waals surface area (Å²) in [6, 6.07) is 57.4. The summed E-state index contributed by atoms with van der Waals surface area (Å²) >= 11 is 0. The maximum Gasteiger partial charge on any atom is 0.143 e. The molecule has 258 valence electrons. The Morgan fingerprint density at radius 2 is 0.873 bits per heavy atom. The highest BCUT2D eigenvalue weighted by Crippen LogP contribution is 2.42. The first-order valence-electron chi connectivity index (χ1n) is 20.3. The number of anilines is 3. The van der Waals surface area contributed by atoms with Crippen molar-refractivity contribution in [2.45, 2.75) is 0 Å². The summed E-state index contributed by atoms with van der Waals surface area (Å²) < 4.78 is 50.5. The molecule has 0 atom stereocenters. The zero-order chi connectivity index (χ0) is 39.8. The third-order valence-electron chi connectivity index (χ3n) is 10.6. The fourth-order valence-corrected chi connectivity index (χ4v) is 7.97. The van der Waals surface area contributed by atoms with Crippen LogP contribution in [0, 0.1) is 0 Å².